The molecule has 3 nitrogen and oxygen atoms in total. The molecular formula is C23H25NO2S. The number of thioether (sulfide) groups is 1. The van der Waals surface area contributed by atoms with Crippen LogP contribution in [0, 0.1) is 6.92 Å². The Morgan fingerprint density at radius 2 is 1.78 bits per heavy atom. The Morgan fingerprint density at radius 1 is 1.04 bits per heavy atom. The van der Waals surface area contributed by atoms with Gasteiger partial charge in [0.05, 0.1) is 0 Å². The van der Waals surface area contributed by atoms with Gasteiger partial charge in [0.1, 0.15) is 5.75 Å². The van der Waals surface area contributed by atoms with Crippen LogP contribution in [-0.4, -0.2) is 24.3 Å². The van der Waals surface area contributed by atoms with Gasteiger partial charge in [-0.05, 0) is 48.4 Å². The zero-order valence-electron chi connectivity index (χ0n) is 15.8. The van der Waals surface area contributed by atoms with E-state index in [2.05, 4.69) is 42.6 Å². The molecule has 140 valence electrons. The Labute approximate surface area is 165 Å². The lowest BCUT2D eigenvalue weighted by Crippen LogP contribution is -2.39. The third-order valence-electron chi connectivity index (χ3n) is 4.35. The van der Waals surface area contributed by atoms with Crippen LogP contribution in [0.2, 0.25) is 0 Å². The van der Waals surface area contributed by atoms with Gasteiger partial charge in [-0.15, -0.1) is 11.8 Å². The van der Waals surface area contributed by atoms with E-state index in [-0.39, 0.29) is 5.91 Å². The molecule has 1 amide bonds. The maximum absolute atomic E-state index is 12.5. The summed E-state index contributed by atoms with van der Waals surface area (Å²) in [5.41, 5.74) is 1.25. The van der Waals surface area contributed by atoms with Crippen LogP contribution in [0.4, 0.5) is 0 Å². The molecule has 0 unspecified atom stereocenters. The van der Waals surface area contributed by atoms with E-state index in [9.17, 15) is 4.79 Å². The molecule has 0 saturated heterocycles. The minimum absolute atomic E-state index is 0.0600. The summed E-state index contributed by atoms with van der Waals surface area (Å²) in [6, 6.07) is 22.5. The third kappa shape index (κ3) is 5.51. The Hall–Kier alpha value is -2.46. The van der Waals surface area contributed by atoms with Crippen molar-refractivity contribution in [2.75, 3.05) is 12.3 Å². The first-order valence-electron chi connectivity index (χ1n) is 9.28. The number of hydrogen-bond acceptors (Lipinski definition) is 3. The van der Waals surface area contributed by atoms with Gasteiger partial charge in [0.2, 0.25) is 0 Å². The first-order chi connectivity index (χ1) is 13.2. The van der Waals surface area contributed by atoms with Gasteiger partial charge in [0.15, 0.2) is 6.10 Å². The van der Waals surface area contributed by atoms with Gasteiger partial charge in [-0.2, -0.15) is 0 Å². The molecule has 3 aromatic carbocycles. The van der Waals surface area contributed by atoms with Crippen LogP contribution in [0.1, 0.15) is 18.9 Å². The number of amides is 1. The SMILES string of the molecule is CC[C@@H](Oc1ccc2ccccc2c1)C(=O)NCCSc1ccc(C)cc1. The number of rotatable bonds is 8. The lowest BCUT2D eigenvalue weighted by Gasteiger charge is -2.17. The number of benzene rings is 3. The van der Waals surface area contributed by atoms with E-state index in [1.54, 1.807) is 11.8 Å². The van der Waals surface area contributed by atoms with Gasteiger partial charge in [0.25, 0.3) is 5.91 Å². The van der Waals surface area contributed by atoms with E-state index in [1.807, 2.05) is 43.3 Å². The normalized spacial score (nSPS) is 11.9. The molecule has 0 heterocycles. The zero-order valence-corrected chi connectivity index (χ0v) is 16.6. The molecule has 0 aromatic heterocycles. The summed E-state index contributed by atoms with van der Waals surface area (Å²) in [5.74, 6) is 1.50. The van der Waals surface area contributed by atoms with Crippen LogP contribution in [0.3, 0.4) is 0 Å². The molecule has 0 aliphatic heterocycles. The number of nitrogens with one attached hydrogen (secondary N) is 1. The van der Waals surface area contributed by atoms with E-state index in [1.165, 1.54) is 10.5 Å². The highest BCUT2D eigenvalue weighted by atomic mass is 32.2. The second kappa shape index (κ2) is 9.47. The molecule has 0 bridgehead atoms. The number of hydrogen-bond donors (Lipinski definition) is 1. The van der Waals surface area contributed by atoms with E-state index in [4.69, 9.17) is 4.74 Å². The highest BCUT2D eigenvalue weighted by molar-refractivity contribution is 7.99. The highest BCUT2D eigenvalue weighted by Crippen LogP contribution is 2.22. The summed E-state index contributed by atoms with van der Waals surface area (Å²) < 4.78 is 5.94. The van der Waals surface area contributed by atoms with Crippen molar-refractivity contribution >= 4 is 28.4 Å². The van der Waals surface area contributed by atoms with Crippen molar-refractivity contribution in [2.45, 2.75) is 31.3 Å². The van der Waals surface area contributed by atoms with Gasteiger partial charge in [-0.25, -0.2) is 0 Å². The molecule has 0 saturated carbocycles. The monoisotopic (exact) mass is 379 g/mol. The fraction of sp³-hybridized carbons (Fsp3) is 0.261. The highest BCUT2D eigenvalue weighted by Gasteiger charge is 2.18. The van der Waals surface area contributed by atoms with Gasteiger partial charge < -0.3 is 10.1 Å². The molecule has 4 heteroatoms. The number of carbonyl (C=O) groups excluding carboxylic acids is 1. The van der Waals surface area contributed by atoms with E-state index in [0.717, 1.165) is 22.3 Å². The largest absolute Gasteiger partial charge is 0.481 e. The number of aryl methyl sites for hydroxylation is 1. The average molecular weight is 380 g/mol. The fourth-order valence-corrected chi connectivity index (χ4v) is 3.59. The Kier molecular flexibility index (Phi) is 6.77. The first-order valence-corrected chi connectivity index (χ1v) is 10.3. The lowest BCUT2D eigenvalue weighted by atomic mass is 10.1. The van der Waals surface area contributed by atoms with E-state index >= 15 is 0 Å². The quantitative estimate of drug-likeness (QED) is 0.431. The average Bonchev–Trinajstić information content (AvgIpc) is 2.70. The van der Waals surface area contributed by atoms with Crippen LogP contribution < -0.4 is 10.1 Å². The molecule has 0 aliphatic rings. The zero-order chi connectivity index (χ0) is 19.1. The molecule has 0 spiro atoms. The molecule has 3 rings (SSSR count). The molecule has 1 atom stereocenters. The van der Waals surface area contributed by atoms with Crippen molar-refractivity contribution in [3.8, 4) is 5.75 Å². The number of ether oxygens (including phenoxy) is 1. The summed E-state index contributed by atoms with van der Waals surface area (Å²) in [6.07, 6.45) is 0.152. The van der Waals surface area contributed by atoms with Crippen molar-refractivity contribution in [1.82, 2.24) is 5.32 Å². The molecule has 1 N–H and O–H groups in total. The van der Waals surface area contributed by atoms with Crippen molar-refractivity contribution in [2.24, 2.45) is 0 Å². The van der Waals surface area contributed by atoms with Crippen LogP contribution in [0.5, 0.6) is 5.75 Å². The van der Waals surface area contributed by atoms with Crippen molar-refractivity contribution in [1.29, 1.82) is 0 Å². The van der Waals surface area contributed by atoms with Crippen LogP contribution >= 0.6 is 11.8 Å². The minimum atomic E-state index is -0.476. The van der Waals surface area contributed by atoms with Crippen LogP contribution in [0.25, 0.3) is 10.8 Å². The van der Waals surface area contributed by atoms with Gasteiger partial charge in [0, 0.05) is 17.2 Å². The molecular weight excluding hydrogens is 354 g/mol. The van der Waals surface area contributed by atoms with Crippen molar-refractivity contribution < 1.29 is 9.53 Å². The van der Waals surface area contributed by atoms with E-state index < -0.39 is 6.10 Å². The second-order valence-corrected chi connectivity index (χ2v) is 7.64. The lowest BCUT2D eigenvalue weighted by molar-refractivity contribution is -0.127. The van der Waals surface area contributed by atoms with Gasteiger partial charge in [-0.3, -0.25) is 4.79 Å². The summed E-state index contributed by atoms with van der Waals surface area (Å²) in [4.78, 5) is 13.7. The smallest absolute Gasteiger partial charge is 0.261 e. The Bertz CT molecular complexity index is 892. The summed E-state index contributed by atoms with van der Waals surface area (Å²) in [7, 11) is 0. The van der Waals surface area contributed by atoms with E-state index in [0.29, 0.717) is 13.0 Å². The van der Waals surface area contributed by atoms with Crippen LogP contribution in [-0.2, 0) is 4.79 Å². The van der Waals surface area contributed by atoms with Gasteiger partial charge >= 0.3 is 0 Å². The summed E-state index contributed by atoms with van der Waals surface area (Å²) in [5, 5.41) is 5.26. The Morgan fingerprint density at radius 3 is 2.52 bits per heavy atom. The topological polar surface area (TPSA) is 38.3 Å². The first kappa shape index (κ1) is 19.3. The van der Waals surface area contributed by atoms with Gasteiger partial charge in [-0.1, -0.05) is 55.0 Å². The molecule has 27 heavy (non-hydrogen) atoms. The fourth-order valence-electron chi connectivity index (χ4n) is 2.82. The standard InChI is InChI=1S/C23H25NO2S/c1-3-22(26-20-11-10-18-6-4-5-7-19(18)16-20)23(25)24-14-15-27-21-12-8-17(2)9-13-21/h4-13,16,22H,3,14-15H2,1-2H3,(H,24,25)/t22-/m1/s1. The predicted octanol–water partition coefficient (Wildman–Crippen LogP) is 5.21. The number of carbonyl (C=O) groups is 1. The van der Waals surface area contributed by atoms with Crippen molar-refractivity contribution in [3.63, 3.8) is 0 Å². The summed E-state index contributed by atoms with van der Waals surface area (Å²) in [6.45, 7) is 4.66. The third-order valence-corrected chi connectivity index (χ3v) is 5.37. The van der Waals surface area contributed by atoms with Crippen LogP contribution in [0.15, 0.2) is 71.6 Å². The summed E-state index contributed by atoms with van der Waals surface area (Å²) >= 11 is 1.74. The maximum Gasteiger partial charge on any atom is 0.261 e. The molecule has 0 radical (unpaired) electrons. The predicted molar refractivity (Wildman–Crippen MR) is 114 cm³/mol. The molecule has 0 fully saturated rings. The minimum Gasteiger partial charge on any atom is -0.481 e. The molecule has 0 aliphatic carbocycles. The Balaban J connectivity index is 1.50. The second-order valence-electron chi connectivity index (χ2n) is 6.48. The maximum atomic E-state index is 12.5. The number of fused-ring (bicyclic) bond motifs is 1. The van der Waals surface area contributed by atoms with Crippen molar-refractivity contribution in [3.05, 3.63) is 72.3 Å². The molecule has 3 aromatic rings.